The molecule has 1 heterocycles. The van der Waals surface area contributed by atoms with Crippen molar-refractivity contribution in [2.45, 2.75) is 19.0 Å². The normalized spacial score (nSPS) is 12.8. The van der Waals surface area contributed by atoms with Crippen molar-refractivity contribution in [1.29, 1.82) is 0 Å². The number of hydrogen-bond acceptors (Lipinski definition) is 4. The third-order valence-corrected chi connectivity index (χ3v) is 3.60. The molecule has 2 N–H and O–H groups in total. The quantitative estimate of drug-likeness (QED) is 0.813. The Morgan fingerprint density at radius 1 is 1.38 bits per heavy atom. The molecule has 0 radical (unpaired) electrons. The van der Waals surface area contributed by atoms with Crippen LogP contribution in [-0.4, -0.2) is 49.2 Å². The van der Waals surface area contributed by atoms with Crippen molar-refractivity contribution in [3.8, 4) is 0 Å². The Labute approximate surface area is 125 Å². The Kier molecular flexibility index (Phi) is 4.98. The van der Waals surface area contributed by atoms with E-state index in [-0.39, 0.29) is 5.97 Å². The van der Waals surface area contributed by atoms with Gasteiger partial charge in [0, 0.05) is 36.6 Å². The number of methoxy groups -OCH3 is 1. The molecule has 1 aromatic heterocycles. The molecule has 0 aliphatic carbocycles. The number of benzene rings is 1. The topological polar surface area (TPSA) is 60.5 Å². The van der Waals surface area contributed by atoms with Gasteiger partial charge in [-0.2, -0.15) is 0 Å². The lowest BCUT2D eigenvalue weighted by atomic mass is 10.1. The third-order valence-electron chi connectivity index (χ3n) is 3.60. The van der Waals surface area contributed by atoms with Crippen molar-refractivity contribution in [2.75, 3.05) is 27.7 Å². The summed E-state index contributed by atoms with van der Waals surface area (Å²) >= 11 is 0. The smallest absolute Gasteiger partial charge is 0.322 e. The Morgan fingerprint density at radius 2 is 2.10 bits per heavy atom. The maximum atomic E-state index is 11.5. The fourth-order valence-corrected chi connectivity index (χ4v) is 2.45. The van der Waals surface area contributed by atoms with Crippen LogP contribution in [0.3, 0.4) is 0 Å². The third kappa shape index (κ3) is 3.62. The van der Waals surface area contributed by atoms with E-state index in [9.17, 15) is 4.79 Å². The average Bonchev–Trinajstić information content (AvgIpc) is 2.82. The molecule has 2 rings (SSSR count). The summed E-state index contributed by atoms with van der Waals surface area (Å²) in [5, 5.41) is 1.15. The van der Waals surface area contributed by atoms with Crippen LogP contribution in [0.2, 0.25) is 0 Å². The molecule has 0 saturated heterocycles. The van der Waals surface area contributed by atoms with Gasteiger partial charge in [-0.05, 0) is 25.7 Å². The van der Waals surface area contributed by atoms with Crippen molar-refractivity contribution in [3.05, 3.63) is 36.0 Å². The van der Waals surface area contributed by atoms with Gasteiger partial charge < -0.3 is 19.9 Å². The summed E-state index contributed by atoms with van der Waals surface area (Å²) in [6.45, 7) is 1.86. The number of nitrogens with zero attached hydrogens (tertiary/aromatic N) is 2. The molecule has 0 amide bonds. The maximum Gasteiger partial charge on any atom is 0.322 e. The molecule has 0 spiro atoms. The Hall–Kier alpha value is -1.85. The van der Waals surface area contributed by atoms with E-state index in [1.165, 1.54) is 12.6 Å². The van der Waals surface area contributed by atoms with Gasteiger partial charge in [0.25, 0.3) is 0 Å². The number of esters is 1. The molecule has 5 nitrogen and oxygen atoms in total. The number of hydrogen-bond donors (Lipinski definition) is 1. The standard InChI is InChI=1S/C16H23N3O2/c1-18(2)8-9-19-11-12(10-14(17)16(20)21-3)13-6-4-5-7-15(13)19/h4-7,11,14H,8-10,17H2,1-3H3. The first-order chi connectivity index (χ1) is 10.0. The molecule has 0 saturated carbocycles. The van der Waals surface area contributed by atoms with Gasteiger partial charge in [-0.3, -0.25) is 4.79 Å². The lowest BCUT2D eigenvalue weighted by molar-refractivity contribution is -0.142. The number of carbonyl (C=O) groups excluding carboxylic acids is 1. The summed E-state index contributed by atoms with van der Waals surface area (Å²) in [5.41, 5.74) is 8.15. The predicted molar refractivity (Wildman–Crippen MR) is 84.2 cm³/mol. The van der Waals surface area contributed by atoms with E-state index in [1.54, 1.807) is 0 Å². The minimum atomic E-state index is -0.622. The maximum absolute atomic E-state index is 11.5. The molecule has 114 valence electrons. The van der Waals surface area contributed by atoms with E-state index >= 15 is 0 Å². The van der Waals surface area contributed by atoms with Crippen molar-refractivity contribution in [3.63, 3.8) is 0 Å². The molecule has 0 aliphatic heterocycles. The van der Waals surface area contributed by atoms with Crippen LogP contribution in [0.1, 0.15) is 5.56 Å². The zero-order valence-electron chi connectivity index (χ0n) is 12.9. The summed E-state index contributed by atoms with van der Waals surface area (Å²) in [4.78, 5) is 13.7. The number of rotatable bonds is 6. The molecular formula is C16H23N3O2. The molecule has 2 aromatic rings. The first kappa shape index (κ1) is 15.5. The van der Waals surface area contributed by atoms with E-state index < -0.39 is 6.04 Å². The first-order valence-electron chi connectivity index (χ1n) is 7.08. The summed E-state index contributed by atoms with van der Waals surface area (Å²) in [6, 6.07) is 7.58. The van der Waals surface area contributed by atoms with Crippen molar-refractivity contribution in [1.82, 2.24) is 9.47 Å². The van der Waals surface area contributed by atoms with Gasteiger partial charge in [-0.25, -0.2) is 0 Å². The SMILES string of the molecule is COC(=O)C(N)Cc1cn(CCN(C)C)c2ccccc12. The van der Waals surface area contributed by atoms with Crippen molar-refractivity contribution < 1.29 is 9.53 Å². The lowest BCUT2D eigenvalue weighted by Gasteiger charge is -2.11. The van der Waals surface area contributed by atoms with E-state index in [0.717, 1.165) is 24.0 Å². The summed E-state index contributed by atoms with van der Waals surface area (Å²) < 4.78 is 6.92. The highest BCUT2D eigenvalue weighted by Gasteiger charge is 2.17. The number of ether oxygens (including phenoxy) is 1. The molecule has 21 heavy (non-hydrogen) atoms. The average molecular weight is 289 g/mol. The second-order valence-electron chi connectivity index (χ2n) is 5.50. The second-order valence-corrected chi connectivity index (χ2v) is 5.50. The van der Waals surface area contributed by atoms with Gasteiger partial charge >= 0.3 is 5.97 Å². The fourth-order valence-electron chi connectivity index (χ4n) is 2.45. The van der Waals surface area contributed by atoms with Gasteiger partial charge in [0.1, 0.15) is 6.04 Å². The predicted octanol–water partition coefficient (Wildman–Crippen LogP) is 1.25. The molecule has 1 aromatic carbocycles. The molecule has 5 heteroatoms. The van der Waals surface area contributed by atoms with Crippen molar-refractivity contribution >= 4 is 16.9 Å². The lowest BCUT2D eigenvalue weighted by Crippen LogP contribution is -2.33. The van der Waals surface area contributed by atoms with E-state index in [0.29, 0.717) is 6.42 Å². The van der Waals surface area contributed by atoms with Crippen LogP contribution >= 0.6 is 0 Å². The number of para-hydroxylation sites is 1. The van der Waals surface area contributed by atoms with E-state index in [4.69, 9.17) is 10.5 Å². The number of likely N-dealkylation sites (N-methyl/N-ethyl adjacent to an activating group) is 1. The van der Waals surface area contributed by atoms with Crippen LogP contribution in [0.4, 0.5) is 0 Å². The van der Waals surface area contributed by atoms with Crippen LogP contribution < -0.4 is 5.73 Å². The minimum Gasteiger partial charge on any atom is -0.468 e. The summed E-state index contributed by atoms with van der Waals surface area (Å²) in [6.07, 6.45) is 2.58. The van der Waals surface area contributed by atoms with Gasteiger partial charge in [0.05, 0.1) is 7.11 Å². The molecule has 0 bridgehead atoms. The fraction of sp³-hybridized carbons (Fsp3) is 0.438. The summed E-state index contributed by atoms with van der Waals surface area (Å²) in [5.74, 6) is -0.375. The highest BCUT2D eigenvalue weighted by molar-refractivity contribution is 5.85. The Morgan fingerprint density at radius 3 is 2.76 bits per heavy atom. The highest BCUT2D eigenvalue weighted by Crippen LogP contribution is 2.22. The largest absolute Gasteiger partial charge is 0.468 e. The number of aromatic nitrogens is 1. The minimum absolute atomic E-state index is 0.375. The molecule has 1 atom stereocenters. The second kappa shape index (κ2) is 6.74. The van der Waals surface area contributed by atoms with Gasteiger partial charge in [-0.1, -0.05) is 18.2 Å². The monoisotopic (exact) mass is 289 g/mol. The molecule has 0 aliphatic rings. The van der Waals surface area contributed by atoms with Crippen molar-refractivity contribution in [2.24, 2.45) is 5.73 Å². The zero-order valence-corrected chi connectivity index (χ0v) is 12.9. The van der Waals surface area contributed by atoms with Gasteiger partial charge in [-0.15, -0.1) is 0 Å². The van der Waals surface area contributed by atoms with Crippen LogP contribution in [0.15, 0.2) is 30.5 Å². The van der Waals surface area contributed by atoms with E-state index in [1.807, 2.05) is 12.1 Å². The van der Waals surface area contributed by atoms with Crippen LogP contribution in [0.5, 0.6) is 0 Å². The van der Waals surface area contributed by atoms with Crippen LogP contribution in [0, 0.1) is 0 Å². The Balaban J connectivity index is 2.29. The van der Waals surface area contributed by atoms with Gasteiger partial charge in [0.2, 0.25) is 0 Å². The number of fused-ring (bicyclic) bond motifs is 1. The highest BCUT2D eigenvalue weighted by atomic mass is 16.5. The molecule has 1 unspecified atom stereocenters. The first-order valence-corrected chi connectivity index (χ1v) is 7.08. The van der Waals surface area contributed by atoms with Crippen LogP contribution in [-0.2, 0) is 22.5 Å². The number of nitrogens with two attached hydrogens (primary N) is 1. The summed E-state index contributed by atoms with van der Waals surface area (Å²) in [7, 11) is 5.47. The number of carbonyl (C=O) groups is 1. The molecular weight excluding hydrogens is 266 g/mol. The van der Waals surface area contributed by atoms with Gasteiger partial charge in [0.15, 0.2) is 0 Å². The zero-order chi connectivity index (χ0) is 15.4. The van der Waals surface area contributed by atoms with E-state index in [2.05, 4.69) is 41.9 Å². The van der Waals surface area contributed by atoms with Crippen LogP contribution in [0.25, 0.3) is 10.9 Å². The Bertz CT molecular complexity index is 619. The molecule has 0 fully saturated rings.